The summed E-state index contributed by atoms with van der Waals surface area (Å²) < 4.78 is 22.7. The lowest BCUT2D eigenvalue weighted by atomic mass is 9.50. The fourth-order valence-electron chi connectivity index (χ4n) is 7.59. The molecule has 9 nitrogen and oxygen atoms in total. The largest absolute Gasteiger partial charge is 0.472 e. The highest BCUT2D eigenvalue weighted by molar-refractivity contribution is 6.01. The van der Waals surface area contributed by atoms with Crippen molar-refractivity contribution < 1.29 is 42.9 Å². The number of furan rings is 1. The normalized spacial score (nSPS) is 43.3. The number of aliphatic hydroxyl groups is 1. The van der Waals surface area contributed by atoms with Crippen LogP contribution in [0.3, 0.4) is 0 Å². The third-order valence-corrected chi connectivity index (χ3v) is 9.76. The molecule has 36 heavy (non-hydrogen) atoms. The first-order valence-electron chi connectivity index (χ1n) is 12.1. The zero-order valence-corrected chi connectivity index (χ0v) is 21.2. The molecule has 5 rings (SSSR count). The minimum absolute atomic E-state index is 0.0883. The number of hydrogen-bond acceptors (Lipinski definition) is 9. The summed E-state index contributed by atoms with van der Waals surface area (Å²) in [5.41, 5.74) is -6.47. The van der Waals surface area contributed by atoms with Gasteiger partial charge >= 0.3 is 11.9 Å². The fraction of sp³-hybridized carbons (Fsp3) is 0.630. The SMILES string of the molecule is C=C1C2(O)CC3(C)C(c4ccoc4)OC(=O)CC13OC1CC(=O)C(C)(C)C(CC(=O)OC)C1(C)C2=O. The molecule has 7 atom stereocenters. The number of rotatable bonds is 3. The van der Waals surface area contributed by atoms with Crippen LogP contribution in [-0.2, 0) is 33.4 Å². The monoisotopic (exact) mass is 500 g/mol. The molecule has 1 aromatic heterocycles. The Morgan fingerprint density at radius 1 is 1.22 bits per heavy atom. The van der Waals surface area contributed by atoms with Crippen LogP contribution in [0.25, 0.3) is 0 Å². The molecule has 9 heteroatoms. The van der Waals surface area contributed by atoms with E-state index < -0.39 is 63.3 Å². The van der Waals surface area contributed by atoms with E-state index in [1.807, 2.05) is 0 Å². The highest BCUT2D eigenvalue weighted by atomic mass is 16.6. The zero-order valence-electron chi connectivity index (χ0n) is 21.2. The summed E-state index contributed by atoms with van der Waals surface area (Å²) in [4.78, 5) is 53.4. The maximum atomic E-state index is 14.5. The lowest BCUT2D eigenvalue weighted by Gasteiger charge is -2.57. The van der Waals surface area contributed by atoms with E-state index in [0.717, 1.165) is 0 Å². The minimum atomic E-state index is -2.07. The first kappa shape index (κ1) is 24.9. The van der Waals surface area contributed by atoms with Gasteiger partial charge in [-0.15, -0.1) is 0 Å². The van der Waals surface area contributed by atoms with Crippen molar-refractivity contribution in [3.05, 3.63) is 36.3 Å². The molecule has 194 valence electrons. The number of hydrogen-bond donors (Lipinski definition) is 1. The van der Waals surface area contributed by atoms with Crippen LogP contribution < -0.4 is 0 Å². The third kappa shape index (κ3) is 2.78. The Morgan fingerprint density at radius 3 is 2.53 bits per heavy atom. The summed E-state index contributed by atoms with van der Waals surface area (Å²) in [6.07, 6.45) is 0.344. The molecule has 1 N–H and O–H groups in total. The molecule has 3 heterocycles. The van der Waals surface area contributed by atoms with Gasteiger partial charge in [-0.3, -0.25) is 19.2 Å². The second-order valence-electron chi connectivity index (χ2n) is 11.8. The van der Waals surface area contributed by atoms with Crippen LogP contribution in [0.4, 0.5) is 0 Å². The van der Waals surface area contributed by atoms with Crippen molar-refractivity contribution in [3.63, 3.8) is 0 Å². The van der Waals surface area contributed by atoms with Crippen molar-refractivity contribution in [2.45, 2.75) is 76.8 Å². The Hall–Kier alpha value is -2.78. The average molecular weight is 501 g/mol. The number of ether oxygens (including phenoxy) is 3. The van der Waals surface area contributed by atoms with Gasteiger partial charge in [0.1, 0.15) is 23.1 Å². The number of ketones is 2. The smallest absolute Gasteiger partial charge is 0.309 e. The van der Waals surface area contributed by atoms with Crippen LogP contribution in [0.2, 0.25) is 0 Å². The van der Waals surface area contributed by atoms with Crippen LogP contribution in [0.15, 0.2) is 35.2 Å². The van der Waals surface area contributed by atoms with E-state index in [2.05, 4.69) is 6.58 Å². The minimum Gasteiger partial charge on any atom is -0.472 e. The van der Waals surface area contributed by atoms with E-state index >= 15 is 0 Å². The Balaban J connectivity index is 1.72. The number of carbonyl (C=O) groups excluding carboxylic acids is 4. The van der Waals surface area contributed by atoms with Crippen LogP contribution in [0, 0.1) is 22.2 Å². The predicted molar refractivity (Wildman–Crippen MR) is 123 cm³/mol. The standard InChI is InChI=1S/C27H32O9/c1-14-26(32)13-24(4)21(15-7-8-34-12-15)35-20(30)11-27(14,24)36-18-10-17(28)23(2,3)16(9-19(29)33-6)25(18,5)22(26)31/h7-8,12,16,18,21,32H,1,9-11,13H2,2-6H3. The molecule has 2 saturated carbocycles. The molecular formula is C27H32O9. The molecule has 0 aromatic carbocycles. The molecule has 4 fully saturated rings. The van der Waals surface area contributed by atoms with Gasteiger partial charge in [0.05, 0.1) is 44.0 Å². The van der Waals surface area contributed by atoms with Gasteiger partial charge in [0.25, 0.3) is 0 Å². The van der Waals surface area contributed by atoms with Gasteiger partial charge in [-0.05, 0) is 30.9 Å². The van der Waals surface area contributed by atoms with Gasteiger partial charge in [0, 0.05) is 22.8 Å². The van der Waals surface area contributed by atoms with Gasteiger partial charge in [-0.1, -0.05) is 27.4 Å². The van der Waals surface area contributed by atoms with Crippen LogP contribution in [0.5, 0.6) is 0 Å². The maximum absolute atomic E-state index is 14.5. The number of Topliss-reactive ketones (excluding diaryl/α,β-unsaturated/α-hetero) is 2. The zero-order chi connectivity index (χ0) is 26.5. The number of esters is 2. The molecular weight excluding hydrogens is 468 g/mol. The first-order valence-corrected chi connectivity index (χ1v) is 12.1. The fourth-order valence-corrected chi connectivity index (χ4v) is 7.59. The number of carbonyl (C=O) groups is 4. The van der Waals surface area contributed by atoms with Crippen molar-refractivity contribution in [2.75, 3.05) is 7.11 Å². The van der Waals surface area contributed by atoms with Crippen LogP contribution in [-0.4, -0.2) is 53.0 Å². The van der Waals surface area contributed by atoms with Gasteiger partial charge < -0.3 is 23.7 Å². The van der Waals surface area contributed by atoms with Gasteiger partial charge in [-0.25, -0.2) is 0 Å². The lowest BCUT2D eigenvalue weighted by molar-refractivity contribution is -0.245. The highest BCUT2D eigenvalue weighted by Crippen LogP contribution is 2.70. The third-order valence-electron chi connectivity index (χ3n) is 9.76. The van der Waals surface area contributed by atoms with Crippen molar-refractivity contribution in [1.29, 1.82) is 0 Å². The summed E-state index contributed by atoms with van der Waals surface area (Å²) in [6, 6.07) is 1.66. The summed E-state index contributed by atoms with van der Waals surface area (Å²) in [6.45, 7) is 11.0. The van der Waals surface area contributed by atoms with E-state index in [1.54, 1.807) is 33.8 Å². The van der Waals surface area contributed by atoms with E-state index in [9.17, 15) is 24.3 Å². The van der Waals surface area contributed by atoms with Crippen molar-refractivity contribution in [2.24, 2.45) is 22.2 Å². The van der Waals surface area contributed by atoms with Gasteiger partial charge in [0.15, 0.2) is 5.78 Å². The van der Waals surface area contributed by atoms with Crippen LogP contribution >= 0.6 is 0 Å². The molecule has 2 saturated heterocycles. The van der Waals surface area contributed by atoms with Gasteiger partial charge in [-0.2, -0.15) is 0 Å². The molecule has 1 aromatic rings. The first-order chi connectivity index (χ1) is 16.7. The molecule has 2 aliphatic carbocycles. The van der Waals surface area contributed by atoms with E-state index in [-0.39, 0.29) is 37.0 Å². The number of cyclic esters (lactones) is 1. The molecule has 2 aliphatic heterocycles. The summed E-state index contributed by atoms with van der Waals surface area (Å²) in [5, 5.41) is 12.2. The predicted octanol–water partition coefficient (Wildman–Crippen LogP) is 2.86. The topological polar surface area (TPSA) is 129 Å². The number of methoxy groups -OCH3 is 1. The average Bonchev–Trinajstić information content (AvgIpc) is 3.39. The Kier molecular flexibility index (Phi) is 5.11. The molecule has 7 unspecified atom stereocenters. The highest BCUT2D eigenvalue weighted by Gasteiger charge is 2.79. The van der Waals surface area contributed by atoms with Crippen molar-refractivity contribution in [1.82, 2.24) is 0 Å². The van der Waals surface area contributed by atoms with Crippen LogP contribution in [0.1, 0.15) is 65.0 Å². The molecule has 1 spiro atoms. The van der Waals surface area contributed by atoms with E-state index in [1.165, 1.54) is 19.6 Å². The summed E-state index contributed by atoms with van der Waals surface area (Å²) >= 11 is 0. The second-order valence-corrected chi connectivity index (χ2v) is 11.8. The Labute approximate surface area is 209 Å². The summed E-state index contributed by atoms with van der Waals surface area (Å²) in [5.74, 6) is -2.70. The molecule has 0 amide bonds. The molecule has 2 bridgehead atoms. The quantitative estimate of drug-likeness (QED) is 0.492. The maximum Gasteiger partial charge on any atom is 0.309 e. The molecule has 4 aliphatic rings. The van der Waals surface area contributed by atoms with Crippen molar-refractivity contribution >= 4 is 23.5 Å². The second kappa shape index (κ2) is 7.38. The van der Waals surface area contributed by atoms with E-state index in [4.69, 9.17) is 18.6 Å². The Bertz CT molecular complexity index is 1180. The lowest BCUT2D eigenvalue weighted by Crippen LogP contribution is -2.65. The molecule has 0 radical (unpaired) electrons. The Morgan fingerprint density at radius 2 is 1.92 bits per heavy atom. The summed E-state index contributed by atoms with van der Waals surface area (Å²) in [7, 11) is 1.25. The number of fused-ring (bicyclic) bond motifs is 2. The van der Waals surface area contributed by atoms with E-state index in [0.29, 0.717) is 5.56 Å². The van der Waals surface area contributed by atoms with Gasteiger partial charge in [0.2, 0.25) is 0 Å². The van der Waals surface area contributed by atoms with Crippen molar-refractivity contribution in [3.8, 4) is 0 Å².